The van der Waals surface area contributed by atoms with Gasteiger partial charge in [0.05, 0.1) is 17.5 Å². The smallest absolute Gasteiger partial charge is 0.264 e. The van der Waals surface area contributed by atoms with Gasteiger partial charge in [0.2, 0.25) is 10.0 Å². The molecule has 6 atom stereocenters. The van der Waals surface area contributed by atoms with E-state index in [1.54, 1.807) is 37.1 Å². The number of nitrogens with one attached hydrogen (secondary N) is 1. The highest BCUT2D eigenvalue weighted by Crippen LogP contribution is 2.48. The summed E-state index contributed by atoms with van der Waals surface area (Å²) in [5, 5.41) is 12.4. The van der Waals surface area contributed by atoms with Crippen molar-refractivity contribution >= 4 is 39.1 Å². The number of halogens is 1. The number of rotatable bonds is 1. The molecular weight excluding hydrogens is 654 g/mol. The lowest BCUT2D eigenvalue weighted by Gasteiger charge is -2.52. The number of nitrogens with zero attached hydrogens (tertiary/aromatic N) is 2. The third kappa shape index (κ3) is 7.06. The van der Waals surface area contributed by atoms with Crippen molar-refractivity contribution in [3.8, 4) is 5.75 Å². The van der Waals surface area contributed by atoms with Crippen LogP contribution in [-0.4, -0.2) is 80.5 Å². The van der Waals surface area contributed by atoms with Gasteiger partial charge in [-0.25, -0.2) is 13.1 Å². The number of aliphatic hydroxyl groups is 1. The van der Waals surface area contributed by atoms with Crippen molar-refractivity contribution in [3.63, 3.8) is 0 Å². The van der Waals surface area contributed by atoms with E-state index in [1.807, 2.05) is 25.1 Å². The highest BCUT2D eigenvalue weighted by molar-refractivity contribution is 7.90. The minimum Gasteiger partial charge on any atom is -0.487 e. The number of fused-ring (bicyclic) bond motifs is 3. The normalized spacial score (nSPS) is 31.6. The highest BCUT2D eigenvalue weighted by atomic mass is 35.5. The minimum atomic E-state index is -4.01. The van der Waals surface area contributed by atoms with Gasteiger partial charge in [0.25, 0.3) is 11.8 Å². The predicted octanol–water partition coefficient (Wildman–Crippen LogP) is 4.94. The SMILES string of the molecule is C[C@@H]1[C@@H](C)CCC[C@@](O)([C@@H]2OCCN(C)C2=O)[C@@H]2CC[C@H]2CN2CCCCc3cc(Cl)ccc3COc3ccc(cc32)C(=O)NS1(=O)=O. The fourth-order valence-electron chi connectivity index (χ4n) is 7.90. The molecule has 262 valence electrons. The summed E-state index contributed by atoms with van der Waals surface area (Å²) in [5.41, 5.74) is 1.70. The van der Waals surface area contributed by atoms with Crippen molar-refractivity contribution in [1.82, 2.24) is 9.62 Å². The van der Waals surface area contributed by atoms with Crippen LogP contribution in [0, 0.1) is 17.8 Å². The summed E-state index contributed by atoms with van der Waals surface area (Å²) in [5.74, 6) is -0.735. The molecule has 1 aliphatic carbocycles. The van der Waals surface area contributed by atoms with Gasteiger partial charge in [0, 0.05) is 37.3 Å². The van der Waals surface area contributed by atoms with Crippen LogP contribution in [0.15, 0.2) is 36.4 Å². The second-order valence-corrected chi connectivity index (χ2v) is 16.8. The summed E-state index contributed by atoms with van der Waals surface area (Å²) in [6, 6.07) is 10.9. The molecule has 2 aromatic carbocycles. The van der Waals surface area contributed by atoms with Crippen molar-refractivity contribution in [1.29, 1.82) is 0 Å². The van der Waals surface area contributed by atoms with Gasteiger partial charge >= 0.3 is 0 Å². The Morgan fingerprint density at radius 1 is 1.00 bits per heavy atom. The van der Waals surface area contributed by atoms with Crippen molar-refractivity contribution in [2.24, 2.45) is 17.8 Å². The van der Waals surface area contributed by atoms with E-state index in [9.17, 15) is 23.1 Å². The fourth-order valence-corrected chi connectivity index (χ4v) is 9.40. The maximum absolute atomic E-state index is 13.5. The van der Waals surface area contributed by atoms with E-state index in [-0.39, 0.29) is 29.2 Å². The standard InChI is InChI=1S/C36H48ClN3O7S/c1-23-7-6-15-36(43,33-35(42)39(3)17-18-46-33)30-13-10-27(30)21-40-16-5-4-8-25-19-29(37)12-9-28(25)22-47-32-14-11-26(20-31(32)40)34(41)38-48(44,45)24(23)2/h9,11-12,14,19-20,23-24,27,30,33,43H,4-8,10,13,15-18,21-22H2,1-3H3,(H,38,41)/t23-,24+,27-,30+,33+,36-/m0/s1. The first-order valence-electron chi connectivity index (χ1n) is 17.3. The highest BCUT2D eigenvalue weighted by Gasteiger charge is 2.55. The van der Waals surface area contributed by atoms with E-state index >= 15 is 0 Å². The molecule has 3 heterocycles. The minimum absolute atomic E-state index is 0.0646. The Morgan fingerprint density at radius 3 is 2.58 bits per heavy atom. The van der Waals surface area contributed by atoms with Crippen LogP contribution in [-0.2, 0) is 32.6 Å². The van der Waals surface area contributed by atoms with Gasteiger partial charge in [0.1, 0.15) is 18.0 Å². The van der Waals surface area contributed by atoms with E-state index < -0.39 is 32.9 Å². The largest absolute Gasteiger partial charge is 0.487 e. The maximum Gasteiger partial charge on any atom is 0.264 e. The molecule has 1 saturated heterocycles. The van der Waals surface area contributed by atoms with Gasteiger partial charge in [-0.3, -0.25) is 9.59 Å². The number of morpholine rings is 1. The van der Waals surface area contributed by atoms with E-state index in [0.717, 1.165) is 43.2 Å². The van der Waals surface area contributed by atoms with Crippen LogP contribution < -0.4 is 14.4 Å². The third-order valence-electron chi connectivity index (χ3n) is 11.3. The summed E-state index contributed by atoms with van der Waals surface area (Å²) >= 11 is 6.35. The van der Waals surface area contributed by atoms with Crippen LogP contribution >= 0.6 is 11.6 Å². The Balaban J connectivity index is 1.41. The van der Waals surface area contributed by atoms with Gasteiger partial charge in [-0.05, 0) is 111 Å². The molecule has 0 spiro atoms. The van der Waals surface area contributed by atoms with Crippen LogP contribution in [0.2, 0.25) is 5.02 Å². The maximum atomic E-state index is 13.5. The molecule has 6 rings (SSSR count). The van der Waals surface area contributed by atoms with Crippen LogP contribution in [0.25, 0.3) is 0 Å². The van der Waals surface area contributed by atoms with E-state index in [0.29, 0.717) is 68.6 Å². The van der Waals surface area contributed by atoms with Crippen molar-refractivity contribution in [2.45, 2.75) is 88.8 Å². The molecule has 0 aromatic heterocycles. The molecule has 2 bridgehead atoms. The molecule has 48 heavy (non-hydrogen) atoms. The average Bonchev–Trinajstić information content (AvgIpc) is 3.06. The molecular formula is C36H48ClN3O7S. The van der Waals surface area contributed by atoms with Crippen molar-refractivity contribution < 1.29 is 32.6 Å². The summed E-state index contributed by atoms with van der Waals surface area (Å²) in [4.78, 5) is 30.8. The van der Waals surface area contributed by atoms with E-state index in [2.05, 4.69) is 9.62 Å². The lowest BCUT2D eigenvalue weighted by molar-refractivity contribution is -0.202. The summed E-state index contributed by atoms with van der Waals surface area (Å²) < 4.78 is 41.7. The Morgan fingerprint density at radius 2 is 1.81 bits per heavy atom. The topological polar surface area (TPSA) is 125 Å². The fraction of sp³-hybridized carbons (Fsp3) is 0.611. The van der Waals surface area contributed by atoms with Gasteiger partial charge in [0.15, 0.2) is 6.10 Å². The molecule has 2 aromatic rings. The lowest BCUT2D eigenvalue weighted by atomic mass is 9.61. The zero-order valence-corrected chi connectivity index (χ0v) is 29.7. The van der Waals surface area contributed by atoms with Crippen molar-refractivity contribution in [2.75, 3.05) is 38.2 Å². The number of amides is 2. The number of sulfonamides is 1. The summed E-state index contributed by atoms with van der Waals surface area (Å²) in [6.07, 6.45) is 4.58. The Bertz CT molecular complexity index is 1640. The van der Waals surface area contributed by atoms with E-state index in [1.165, 1.54) is 0 Å². The molecule has 2 N–H and O–H groups in total. The Hall–Kier alpha value is -2.86. The molecule has 10 nitrogen and oxygen atoms in total. The monoisotopic (exact) mass is 701 g/mol. The molecule has 4 aliphatic rings. The van der Waals surface area contributed by atoms with Crippen molar-refractivity contribution in [3.05, 3.63) is 58.1 Å². The Kier molecular flexibility index (Phi) is 10.3. The second-order valence-electron chi connectivity index (χ2n) is 14.3. The number of ether oxygens (including phenoxy) is 2. The molecule has 0 radical (unpaired) electrons. The van der Waals surface area contributed by atoms with Crippen LogP contribution in [0.3, 0.4) is 0 Å². The summed E-state index contributed by atoms with van der Waals surface area (Å²) in [6.45, 7) is 5.83. The molecule has 0 unspecified atom stereocenters. The first-order valence-corrected chi connectivity index (χ1v) is 19.2. The van der Waals surface area contributed by atoms with Gasteiger partial charge in [-0.2, -0.15) is 0 Å². The van der Waals surface area contributed by atoms with Crippen LogP contribution in [0.4, 0.5) is 5.69 Å². The van der Waals surface area contributed by atoms with Gasteiger partial charge in [-0.1, -0.05) is 31.0 Å². The number of benzene rings is 2. The Labute approximate surface area is 289 Å². The van der Waals surface area contributed by atoms with Crippen LogP contribution in [0.1, 0.15) is 80.3 Å². The number of aryl methyl sites for hydroxylation is 1. The quantitative estimate of drug-likeness (QED) is 0.429. The third-order valence-corrected chi connectivity index (χ3v) is 13.4. The first kappa shape index (κ1) is 35.0. The van der Waals surface area contributed by atoms with E-state index in [4.69, 9.17) is 21.1 Å². The zero-order valence-electron chi connectivity index (χ0n) is 28.1. The number of hydrogen-bond acceptors (Lipinski definition) is 8. The number of carbonyl (C=O) groups excluding carboxylic acids is 2. The molecule has 2 amide bonds. The second kappa shape index (κ2) is 14.2. The van der Waals surface area contributed by atoms with Crippen LogP contribution in [0.5, 0.6) is 5.75 Å². The lowest BCUT2D eigenvalue weighted by Crippen LogP contribution is -2.64. The zero-order chi connectivity index (χ0) is 34.2. The van der Waals surface area contributed by atoms with Gasteiger partial charge in [-0.15, -0.1) is 0 Å². The number of carbonyl (C=O) groups is 2. The summed E-state index contributed by atoms with van der Waals surface area (Å²) in [7, 11) is -2.27. The number of likely N-dealkylation sites (N-methyl/N-ethyl adjacent to an activating group) is 1. The predicted molar refractivity (Wildman–Crippen MR) is 185 cm³/mol. The molecule has 3 aliphatic heterocycles. The number of anilines is 1. The molecule has 1 saturated carbocycles. The molecule has 12 heteroatoms. The first-order chi connectivity index (χ1) is 22.9. The molecule has 2 fully saturated rings. The number of hydrogen-bond donors (Lipinski definition) is 2. The average molecular weight is 702 g/mol. The van der Waals surface area contributed by atoms with Gasteiger partial charge < -0.3 is 24.4 Å².